The summed E-state index contributed by atoms with van der Waals surface area (Å²) in [6, 6.07) is 5.32. The van der Waals surface area contributed by atoms with Gasteiger partial charge in [0.15, 0.2) is 34.6 Å². The number of fused-ring (bicyclic) bond motifs is 1. The molecule has 0 unspecified atom stereocenters. The van der Waals surface area contributed by atoms with Crippen molar-refractivity contribution in [1.82, 2.24) is 4.90 Å². The Balaban J connectivity index is 2.01. The second-order valence-electron chi connectivity index (χ2n) is 10.1. The number of nitrogens with zero attached hydrogens (tertiary/aromatic N) is 2. The minimum atomic E-state index is -0.553. The molecule has 1 aliphatic rings. The Labute approximate surface area is 227 Å². The van der Waals surface area contributed by atoms with E-state index in [0.29, 0.717) is 52.9 Å². The fraction of sp³-hybridized carbons (Fsp3) is 0.500. The molecule has 0 fully saturated rings. The van der Waals surface area contributed by atoms with E-state index in [4.69, 9.17) is 18.9 Å². The fourth-order valence-electron chi connectivity index (χ4n) is 4.37. The SMILES string of the molecule is CCOc1cc2c(c(F)c1OCC)C(=NBr)N(CC(=O)c1cc(OC(C)C)c(OC)c(C(C)(C)C)c1)C2. The first kappa shape index (κ1) is 28.8. The summed E-state index contributed by atoms with van der Waals surface area (Å²) in [6.07, 6.45) is -0.102. The van der Waals surface area contributed by atoms with Gasteiger partial charge >= 0.3 is 0 Å². The number of hydrogen-bond acceptors (Lipinski definition) is 6. The van der Waals surface area contributed by atoms with Gasteiger partial charge in [-0.05, 0) is 56.9 Å². The van der Waals surface area contributed by atoms with E-state index < -0.39 is 5.82 Å². The van der Waals surface area contributed by atoms with Crippen molar-refractivity contribution in [3.63, 3.8) is 0 Å². The summed E-state index contributed by atoms with van der Waals surface area (Å²) in [4.78, 5) is 15.3. The molecule has 0 saturated heterocycles. The van der Waals surface area contributed by atoms with Gasteiger partial charge in [-0.1, -0.05) is 20.8 Å². The second-order valence-corrected chi connectivity index (χ2v) is 10.4. The van der Waals surface area contributed by atoms with E-state index in [9.17, 15) is 4.79 Å². The van der Waals surface area contributed by atoms with Crippen LogP contribution in [0.25, 0.3) is 0 Å². The average molecular weight is 580 g/mol. The number of halogens is 2. The smallest absolute Gasteiger partial charge is 0.197 e. The normalized spacial score (nSPS) is 14.2. The summed E-state index contributed by atoms with van der Waals surface area (Å²) >= 11 is 3.13. The minimum absolute atomic E-state index is 0.0104. The average Bonchev–Trinajstić information content (AvgIpc) is 3.17. The van der Waals surface area contributed by atoms with E-state index in [2.05, 4.69) is 40.9 Å². The Morgan fingerprint density at radius 2 is 1.78 bits per heavy atom. The Hall–Kier alpha value is -2.81. The summed E-state index contributed by atoms with van der Waals surface area (Å²) in [6.45, 7) is 14.6. The monoisotopic (exact) mass is 578 g/mol. The first-order valence-corrected chi connectivity index (χ1v) is 13.1. The van der Waals surface area contributed by atoms with Crippen molar-refractivity contribution in [3.8, 4) is 23.0 Å². The molecule has 0 spiro atoms. The highest BCUT2D eigenvalue weighted by molar-refractivity contribution is 9.08. The van der Waals surface area contributed by atoms with Crippen LogP contribution >= 0.6 is 16.1 Å². The van der Waals surface area contributed by atoms with Gasteiger partial charge in [0.2, 0.25) is 0 Å². The van der Waals surface area contributed by atoms with Crippen LogP contribution < -0.4 is 18.9 Å². The lowest BCUT2D eigenvalue weighted by atomic mass is 9.84. The van der Waals surface area contributed by atoms with Crippen molar-refractivity contribution >= 4 is 27.8 Å². The number of carbonyl (C=O) groups excluding carboxylic acids is 1. The lowest BCUT2D eigenvalue weighted by molar-refractivity contribution is 0.0962. The van der Waals surface area contributed by atoms with Crippen molar-refractivity contribution in [2.45, 2.75) is 66.5 Å². The largest absolute Gasteiger partial charge is 0.493 e. The zero-order valence-corrected chi connectivity index (χ0v) is 24.4. The maximum absolute atomic E-state index is 15.6. The van der Waals surface area contributed by atoms with Gasteiger partial charge in [0, 0.05) is 17.7 Å². The molecule has 0 atom stereocenters. The molecule has 1 aliphatic heterocycles. The molecule has 0 aromatic heterocycles. The summed E-state index contributed by atoms with van der Waals surface area (Å²) < 4.78 is 42.7. The van der Waals surface area contributed by atoms with Crippen LogP contribution in [0.2, 0.25) is 0 Å². The van der Waals surface area contributed by atoms with Gasteiger partial charge in [-0.25, -0.2) is 4.39 Å². The number of methoxy groups -OCH3 is 1. The molecule has 2 aromatic rings. The van der Waals surface area contributed by atoms with E-state index in [0.717, 1.165) is 5.56 Å². The molecule has 9 heteroatoms. The highest BCUT2D eigenvalue weighted by Gasteiger charge is 2.34. The third-order valence-corrected chi connectivity index (χ3v) is 6.24. The van der Waals surface area contributed by atoms with E-state index in [-0.39, 0.29) is 36.2 Å². The number of amidine groups is 1. The molecule has 2 aromatic carbocycles. The first-order valence-electron chi connectivity index (χ1n) is 12.4. The van der Waals surface area contributed by atoms with Crippen molar-refractivity contribution in [2.75, 3.05) is 26.9 Å². The van der Waals surface area contributed by atoms with E-state index in [1.54, 1.807) is 31.1 Å². The molecule has 0 saturated carbocycles. The number of ketones is 1. The number of carbonyl (C=O) groups is 1. The third kappa shape index (κ3) is 6.03. The molecule has 0 N–H and O–H groups in total. The number of rotatable bonds is 10. The molecule has 202 valence electrons. The lowest BCUT2D eigenvalue weighted by Gasteiger charge is -2.26. The van der Waals surface area contributed by atoms with Crippen molar-refractivity contribution in [1.29, 1.82) is 0 Å². The van der Waals surface area contributed by atoms with Gasteiger partial charge in [0.25, 0.3) is 0 Å². The van der Waals surface area contributed by atoms with Crippen LogP contribution in [0.4, 0.5) is 4.39 Å². The van der Waals surface area contributed by atoms with Gasteiger partial charge < -0.3 is 23.8 Å². The van der Waals surface area contributed by atoms with Crippen LogP contribution in [-0.2, 0) is 12.0 Å². The van der Waals surface area contributed by atoms with Gasteiger partial charge in [-0.2, -0.15) is 4.02 Å². The zero-order valence-electron chi connectivity index (χ0n) is 22.8. The molecule has 0 radical (unpaired) electrons. The maximum Gasteiger partial charge on any atom is 0.197 e. The van der Waals surface area contributed by atoms with Crippen LogP contribution in [0.15, 0.2) is 22.2 Å². The quantitative estimate of drug-likeness (QED) is 0.301. The van der Waals surface area contributed by atoms with E-state index in [1.165, 1.54) is 0 Å². The summed E-state index contributed by atoms with van der Waals surface area (Å²) in [7, 11) is 1.60. The van der Waals surface area contributed by atoms with Crippen LogP contribution in [-0.4, -0.2) is 49.5 Å². The standard InChI is InChI=1S/C28H36BrFN2O5/c1-9-35-21-13-18-14-32(27(31-29)23(18)24(30)26(21)36-10-2)15-20(33)17-11-19(28(5,6)7)25(34-8)22(12-17)37-16(3)4/h11-13,16H,9-10,14-15H2,1-8H3. The molecule has 0 aliphatic carbocycles. The molecule has 1 heterocycles. The highest BCUT2D eigenvalue weighted by atomic mass is 79.9. The van der Waals surface area contributed by atoms with Crippen LogP contribution in [0.1, 0.15) is 75.5 Å². The maximum atomic E-state index is 15.6. The van der Waals surface area contributed by atoms with Crippen LogP contribution in [0.3, 0.4) is 0 Å². The Morgan fingerprint density at radius 1 is 1.11 bits per heavy atom. The van der Waals surface area contributed by atoms with Gasteiger partial charge in [-0.15, -0.1) is 0 Å². The lowest BCUT2D eigenvalue weighted by Crippen LogP contribution is -2.31. The zero-order chi connectivity index (χ0) is 27.5. The number of benzene rings is 2. The van der Waals surface area contributed by atoms with Gasteiger partial charge in [0.1, 0.15) is 5.84 Å². The molecule has 3 rings (SSSR count). The van der Waals surface area contributed by atoms with Gasteiger partial charge in [0.05, 0.1) is 54.7 Å². The number of ether oxygens (including phenoxy) is 4. The molecule has 0 bridgehead atoms. The fourth-order valence-corrected chi connectivity index (χ4v) is 4.77. The highest BCUT2D eigenvalue weighted by Crippen LogP contribution is 2.42. The first-order chi connectivity index (χ1) is 17.5. The molecule has 0 amide bonds. The van der Waals surface area contributed by atoms with Gasteiger partial charge in [-0.3, -0.25) is 4.79 Å². The molecule has 37 heavy (non-hydrogen) atoms. The summed E-state index contributed by atoms with van der Waals surface area (Å²) in [5.74, 6) is 1.13. The van der Waals surface area contributed by atoms with Crippen molar-refractivity contribution in [2.24, 2.45) is 4.02 Å². The van der Waals surface area contributed by atoms with Crippen molar-refractivity contribution in [3.05, 3.63) is 46.3 Å². The van der Waals surface area contributed by atoms with E-state index >= 15 is 4.39 Å². The molecular weight excluding hydrogens is 543 g/mol. The van der Waals surface area contributed by atoms with Crippen molar-refractivity contribution < 1.29 is 28.1 Å². The summed E-state index contributed by atoms with van der Waals surface area (Å²) in [5, 5.41) is 0. The summed E-state index contributed by atoms with van der Waals surface area (Å²) in [5.41, 5.74) is 2.02. The Bertz CT molecular complexity index is 1190. The topological polar surface area (TPSA) is 69.6 Å². The number of Topliss-reactive ketones (excluding diaryl/α,β-unsaturated/α-hetero) is 1. The number of hydrogen-bond donors (Lipinski definition) is 0. The third-order valence-electron chi connectivity index (χ3n) is 5.91. The predicted octanol–water partition coefficient (Wildman–Crippen LogP) is 6.47. The molecule has 7 nitrogen and oxygen atoms in total. The Morgan fingerprint density at radius 3 is 2.32 bits per heavy atom. The molecular formula is C28H36BrFN2O5. The Kier molecular flexibility index (Phi) is 9.10. The predicted molar refractivity (Wildman–Crippen MR) is 146 cm³/mol. The minimum Gasteiger partial charge on any atom is -0.493 e. The second kappa shape index (κ2) is 11.7. The van der Waals surface area contributed by atoms with E-state index in [1.807, 2.05) is 26.8 Å². The van der Waals surface area contributed by atoms with Crippen LogP contribution in [0, 0.1) is 5.82 Å². The van der Waals surface area contributed by atoms with Crippen LogP contribution in [0.5, 0.6) is 23.0 Å².